The molecule has 6 nitrogen and oxygen atoms in total. The fraction of sp³-hybridized carbons (Fsp3) is 0.500. The van der Waals surface area contributed by atoms with E-state index in [-0.39, 0.29) is 17.3 Å². The molecule has 1 saturated heterocycles. The van der Waals surface area contributed by atoms with Gasteiger partial charge in [0.25, 0.3) is 11.6 Å². The molecule has 114 valence electrons. The Morgan fingerprint density at radius 2 is 2.33 bits per heavy atom. The van der Waals surface area contributed by atoms with Gasteiger partial charge in [-0.25, -0.2) is 0 Å². The second kappa shape index (κ2) is 6.89. The molecule has 0 bridgehead atoms. The Balaban J connectivity index is 2.24. The number of nitro groups is 1. The first-order valence-electron chi connectivity index (χ1n) is 6.74. The van der Waals surface area contributed by atoms with Gasteiger partial charge in [0.1, 0.15) is 5.75 Å². The molecule has 1 amide bonds. The molecule has 1 aromatic carbocycles. The van der Waals surface area contributed by atoms with Crippen molar-refractivity contribution < 1.29 is 14.5 Å². The van der Waals surface area contributed by atoms with Crippen LogP contribution in [0.4, 0.5) is 5.69 Å². The van der Waals surface area contributed by atoms with Crippen LogP contribution in [-0.2, 0) is 0 Å². The van der Waals surface area contributed by atoms with E-state index in [0.29, 0.717) is 24.6 Å². The first kappa shape index (κ1) is 15.8. The van der Waals surface area contributed by atoms with Gasteiger partial charge < -0.3 is 9.64 Å². The molecule has 1 aromatic rings. The monoisotopic (exact) mass is 356 g/mol. The summed E-state index contributed by atoms with van der Waals surface area (Å²) in [6.45, 7) is 1.41. The largest absolute Gasteiger partial charge is 0.496 e. The summed E-state index contributed by atoms with van der Waals surface area (Å²) in [5.74, 6) is 0.564. The maximum atomic E-state index is 12.6. The van der Waals surface area contributed by atoms with Crippen molar-refractivity contribution >= 4 is 27.5 Å². The molecule has 1 fully saturated rings. The number of methoxy groups -OCH3 is 1. The average molecular weight is 357 g/mol. The number of alkyl halides is 1. The number of carbonyl (C=O) groups is 1. The Morgan fingerprint density at radius 1 is 1.57 bits per heavy atom. The number of hydrogen-bond donors (Lipinski definition) is 0. The molecule has 1 aliphatic rings. The van der Waals surface area contributed by atoms with Gasteiger partial charge in [-0.05, 0) is 24.8 Å². The number of hydrogen-bond acceptors (Lipinski definition) is 4. The molecule has 0 saturated carbocycles. The smallest absolute Gasteiger partial charge is 0.273 e. The average Bonchev–Trinajstić information content (AvgIpc) is 2.53. The van der Waals surface area contributed by atoms with E-state index in [0.717, 1.165) is 18.2 Å². The summed E-state index contributed by atoms with van der Waals surface area (Å²) in [6.07, 6.45) is 2.07. The van der Waals surface area contributed by atoms with E-state index in [1.54, 1.807) is 4.90 Å². The van der Waals surface area contributed by atoms with Crippen LogP contribution in [0.15, 0.2) is 18.2 Å². The summed E-state index contributed by atoms with van der Waals surface area (Å²) in [5.41, 5.74) is 0.290. The van der Waals surface area contributed by atoms with Crippen LogP contribution in [-0.4, -0.2) is 41.3 Å². The third kappa shape index (κ3) is 3.53. The van der Waals surface area contributed by atoms with Crippen LogP contribution >= 0.6 is 15.9 Å². The number of benzene rings is 1. The summed E-state index contributed by atoms with van der Waals surface area (Å²) in [7, 11) is 1.41. The fourth-order valence-electron chi connectivity index (χ4n) is 2.52. The van der Waals surface area contributed by atoms with E-state index >= 15 is 0 Å². The normalized spacial score (nSPS) is 18.4. The van der Waals surface area contributed by atoms with Crippen LogP contribution < -0.4 is 4.74 Å². The number of nitrogens with zero attached hydrogens (tertiary/aromatic N) is 2. The standard InChI is InChI=1S/C14H17BrN2O4/c1-21-13-7-11(17(19)20)4-5-12(13)14(18)16-6-2-3-10(8-15)9-16/h4-5,7,10H,2-3,6,8-9H2,1H3. The Morgan fingerprint density at radius 3 is 2.95 bits per heavy atom. The minimum absolute atomic E-state index is 0.0830. The summed E-state index contributed by atoms with van der Waals surface area (Å²) in [5, 5.41) is 11.7. The molecular formula is C14H17BrN2O4. The highest BCUT2D eigenvalue weighted by atomic mass is 79.9. The molecule has 0 aliphatic carbocycles. The second-order valence-corrected chi connectivity index (χ2v) is 5.70. The molecule has 1 unspecified atom stereocenters. The molecule has 21 heavy (non-hydrogen) atoms. The summed E-state index contributed by atoms with van der Waals surface area (Å²) in [6, 6.07) is 4.10. The minimum atomic E-state index is -0.501. The second-order valence-electron chi connectivity index (χ2n) is 5.06. The molecule has 1 heterocycles. The van der Waals surface area contributed by atoms with Crippen LogP contribution in [0.1, 0.15) is 23.2 Å². The number of halogens is 1. The van der Waals surface area contributed by atoms with Crippen LogP contribution in [0.5, 0.6) is 5.75 Å². The quantitative estimate of drug-likeness (QED) is 0.472. The zero-order valence-electron chi connectivity index (χ0n) is 11.8. The van der Waals surface area contributed by atoms with Crippen molar-refractivity contribution in [2.75, 3.05) is 25.5 Å². The maximum absolute atomic E-state index is 12.6. The number of non-ortho nitro benzene ring substituents is 1. The predicted octanol–water partition coefficient (Wildman–Crippen LogP) is 2.85. The van der Waals surface area contributed by atoms with Gasteiger partial charge >= 0.3 is 0 Å². The maximum Gasteiger partial charge on any atom is 0.273 e. The Kier molecular flexibility index (Phi) is 5.17. The minimum Gasteiger partial charge on any atom is -0.496 e. The fourth-order valence-corrected chi connectivity index (χ4v) is 3.04. The van der Waals surface area contributed by atoms with Gasteiger partial charge in [-0.3, -0.25) is 14.9 Å². The Hall–Kier alpha value is -1.63. The third-order valence-electron chi connectivity index (χ3n) is 3.65. The Bertz CT molecular complexity index is 550. The first-order valence-corrected chi connectivity index (χ1v) is 7.86. The lowest BCUT2D eigenvalue weighted by Gasteiger charge is -2.32. The lowest BCUT2D eigenvalue weighted by atomic mass is 9.99. The van der Waals surface area contributed by atoms with Crippen molar-refractivity contribution in [3.05, 3.63) is 33.9 Å². The van der Waals surface area contributed by atoms with Crippen molar-refractivity contribution in [1.29, 1.82) is 0 Å². The van der Waals surface area contributed by atoms with Crippen molar-refractivity contribution in [2.24, 2.45) is 5.92 Å². The molecule has 1 aliphatic heterocycles. The number of amides is 1. The predicted molar refractivity (Wildman–Crippen MR) is 82.1 cm³/mol. The number of ether oxygens (including phenoxy) is 1. The lowest BCUT2D eigenvalue weighted by Crippen LogP contribution is -2.40. The molecular weight excluding hydrogens is 340 g/mol. The van der Waals surface area contributed by atoms with Gasteiger partial charge in [0, 0.05) is 24.5 Å². The van der Waals surface area contributed by atoms with E-state index in [9.17, 15) is 14.9 Å². The molecule has 7 heteroatoms. The van der Waals surface area contributed by atoms with Crippen LogP contribution in [0, 0.1) is 16.0 Å². The Labute approximate surface area is 131 Å². The van der Waals surface area contributed by atoms with Crippen LogP contribution in [0.2, 0.25) is 0 Å². The molecule has 0 N–H and O–H groups in total. The van der Waals surface area contributed by atoms with E-state index in [2.05, 4.69) is 15.9 Å². The molecule has 0 aromatic heterocycles. The van der Waals surface area contributed by atoms with Gasteiger partial charge in [0.05, 0.1) is 23.7 Å². The van der Waals surface area contributed by atoms with E-state index in [4.69, 9.17) is 4.74 Å². The molecule has 0 radical (unpaired) electrons. The van der Waals surface area contributed by atoms with Crippen LogP contribution in [0.25, 0.3) is 0 Å². The zero-order chi connectivity index (χ0) is 15.4. The van der Waals surface area contributed by atoms with Gasteiger partial charge in [-0.1, -0.05) is 15.9 Å². The van der Waals surface area contributed by atoms with Crippen molar-refractivity contribution in [2.45, 2.75) is 12.8 Å². The highest BCUT2D eigenvalue weighted by molar-refractivity contribution is 9.09. The van der Waals surface area contributed by atoms with Gasteiger partial charge in [-0.2, -0.15) is 0 Å². The van der Waals surface area contributed by atoms with Gasteiger partial charge in [0.2, 0.25) is 0 Å². The van der Waals surface area contributed by atoms with E-state index < -0.39 is 4.92 Å². The van der Waals surface area contributed by atoms with Crippen molar-refractivity contribution in [3.63, 3.8) is 0 Å². The highest BCUT2D eigenvalue weighted by Gasteiger charge is 2.26. The topological polar surface area (TPSA) is 72.7 Å². The number of piperidine rings is 1. The number of likely N-dealkylation sites (tertiary alicyclic amines) is 1. The molecule has 0 spiro atoms. The zero-order valence-corrected chi connectivity index (χ0v) is 13.3. The summed E-state index contributed by atoms with van der Waals surface area (Å²) >= 11 is 3.46. The molecule has 1 atom stereocenters. The van der Waals surface area contributed by atoms with Crippen molar-refractivity contribution in [1.82, 2.24) is 4.90 Å². The molecule has 2 rings (SSSR count). The third-order valence-corrected chi connectivity index (χ3v) is 4.57. The number of rotatable bonds is 4. The summed E-state index contributed by atoms with van der Waals surface area (Å²) in [4.78, 5) is 24.7. The number of carbonyl (C=O) groups excluding carboxylic acids is 1. The van der Waals surface area contributed by atoms with E-state index in [1.807, 2.05) is 0 Å². The van der Waals surface area contributed by atoms with Gasteiger partial charge in [0.15, 0.2) is 0 Å². The lowest BCUT2D eigenvalue weighted by molar-refractivity contribution is -0.384. The highest BCUT2D eigenvalue weighted by Crippen LogP contribution is 2.27. The van der Waals surface area contributed by atoms with E-state index in [1.165, 1.54) is 25.3 Å². The number of nitro benzene ring substituents is 1. The van der Waals surface area contributed by atoms with Crippen LogP contribution in [0.3, 0.4) is 0 Å². The SMILES string of the molecule is COc1cc([N+](=O)[O-])ccc1C(=O)N1CCCC(CBr)C1. The first-order chi connectivity index (χ1) is 10.1. The van der Waals surface area contributed by atoms with Crippen molar-refractivity contribution in [3.8, 4) is 5.75 Å². The van der Waals surface area contributed by atoms with Gasteiger partial charge in [-0.15, -0.1) is 0 Å². The summed E-state index contributed by atoms with van der Waals surface area (Å²) < 4.78 is 5.14.